The van der Waals surface area contributed by atoms with Gasteiger partial charge in [-0.3, -0.25) is 0 Å². The van der Waals surface area contributed by atoms with Gasteiger partial charge in [0.2, 0.25) is 0 Å². The predicted molar refractivity (Wildman–Crippen MR) is 61.6 cm³/mol. The third-order valence-corrected chi connectivity index (χ3v) is 2.55. The second kappa shape index (κ2) is 4.95. The summed E-state index contributed by atoms with van der Waals surface area (Å²) in [6.07, 6.45) is 3.37. The molecule has 2 rings (SSSR count). The molecule has 0 saturated heterocycles. The van der Waals surface area contributed by atoms with E-state index in [1.807, 2.05) is 11.5 Å². The Morgan fingerprint density at radius 1 is 1.29 bits per heavy atom. The van der Waals surface area contributed by atoms with Crippen LogP contribution in [0.5, 0.6) is 0 Å². The number of nitrogens with one attached hydrogen (secondary N) is 1. The lowest BCUT2D eigenvalue weighted by Gasteiger charge is -2.09. The number of para-hydroxylation sites is 1. The maximum atomic E-state index is 13.3. The fraction of sp³-hybridized carbons (Fsp3) is 0.250. The molecule has 0 bridgehead atoms. The molecule has 0 aliphatic heterocycles. The number of aromatic nitrogens is 2. The Hall–Kier alpha value is -1.91. The highest BCUT2D eigenvalue weighted by Gasteiger charge is 2.08. The number of hydrogen-bond donors (Lipinski definition) is 1. The van der Waals surface area contributed by atoms with Crippen LogP contribution in [0.4, 0.5) is 14.5 Å². The molecule has 0 spiro atoms. The number of nitrogens with zero attached hydrogens (tertiary/aromatic N) is 2. The van der Waals surface area contributed by atoms with Gasteiger partial charge < -0.3 is 9.88 Å². The minimum Gasteiger partial charge on any atom is -0.375 e. The van der Waals surface area contributed by atoms with Gasteiger partial charge in [0, 0.05) is 12.7 Å². The van der Waals surface area contributed by atoms with Crippen molar-refractivity contribution in [2.75, 3.05) is 5.32 Å². The fourth-order valence-electron chi connectivity index (χ4n) is 1.63. The van der Waals surface area contributed by atoms with Crippen molar-refractivity contribution in [1.82, 2.24) is 9.55 Å². The minimum absolute atomic E-state index is 0.101. The molecule has 1 aromatic carbocycles. The van der Waals surface area contributed by atoms with Crippen LogP contribution in [-0.2, 0) is 13.1 Å². The van der Waals surface area contributed by atoms with Crippen LogP contribution in [0.25, 0.3) is 0 Å². The molecule has 90 valence electrons. The van der Waals surface area contributed by atoms with Crippen LogP contribution in [0.3, 0.4) is 0 Å². The van der Waals surface area contributed by atoms with Crippen LogP contribution in [0, 0.1) is 11.6 Å². The summed E-state index contributed by atoms with van der Waals surface area (Å²) < 4.78 is 28.6. The smallest absolute Gasteiger partial charge is 0.149 e. The number of halogens is 2. The van der Waals surface area contributed by atoms with E-state index in [-0.39, 0.29) is 5.69 Å². The van der Waals surface area contributed by atoms with Crippen LogP contribution in [0.15, 0.2) is 30.7 Å². The largest absolute Gasteiger partial charge is 0.375 e. The monoisotopic (exact) mass is 237 g/mol. The third-order valence-electron chi connectivity index (χ3n) is 2.55. The first-order valence-electron chi connectivity index (χ1n) is 5.39. The van der Waals surface area contributed by atoms with Crippen LogP contribution in [0.1, 0.15) is 12.6 Å². The van der Waals surface area contributed by atoms with Crippen LogP contribution >= 0.6 is 0 Å². The second-order valence-corrected chi connectivity index (χ2v) is 3.62. The Bertz CT molecular complexity index is 488. The molecule has 2 aromatic rings. The van der Waals surface area contributed by atoms with E-state index in [1.165, 1.54) is 18.2 Å². The van der Waals surface area contributed by atoms with Crippen molar-refractivity contribution in [2.24, 2.45) is 0 Å². The number of aryl methyl sites for hydroxylation is 1. The van der Waals surface area contributed by atoms with E-state index in [9.17, 15) is 8.78 Å². The summed E-state index contributed by atoms with van der Waals surface area (Å²) in [5.74, 6) is -1.18. The fourth-order valence-corrected chi connectivity index (χ4v) is 1.63. The first kappa shape index (κ1) is 11.6. The molecule has 1 N–H and O–H groups in total. The third kappa shape index (κ3) is 2.43. The molecule has 0 aliphatic rings. The van der Waals surface area contributed by atoms with E-state index in [4.69, 9.17) is 0 Å². The molecular formula is C12H13F2N3. The van der Waals surface area contributed by atoms with Crippen molar-refractivity contribution in [2.45, 2.75) is 20.0 Å². The van der Waals surface area contributed by atoms with Crippen LogP contribution in [-0.4, -0.2) is 9.55 Å². The van der Waals surface area contributed by atoms with E-state index in [0.29, 0.717) is 6.54 Å². The Morgan fingerprint density at radius 3 is 2.65 bits per heavy atom. The summed E-state index contributed by atoms with van der Waals surface area (Å²) in [6, 6.07) is 3.79. The van der Waals surface area contributed by atoms with Crippen LogP contribution in [0.2, 0.25) is 0 Å². The zero-order valence-corrected chi connectivity index (χ0v) is 9.45. The van der Waals surface area contributed by atoms with Gasteiger partial charge in [0.25, 0.3) is 0 Å². The quantitative estimate of drug-likeness (QED) is 0.886. The number of benzene rings is 1. The summed E-state index contributed by atoms with van der Waals surface area (Å²) in [5.41, 5.74) is 0.784. The molecule has 0 atom stereocenters. The summed E-state index contributed by atoms with van der Waals surface area (Å²) in [6.45, 7) is 3.09. The average molecular weight is 237 g/mol. The number of rotatable bonds is 4. The minimum atomic E-state index is -0.590. The Kier molecular flexibility index (Phi) is 3.37. The normalized spacial score (nSPS) is 10.5. The molecule has 0 saturated carbocycles. The van der Waals surface area contributed by atoms with Crippen LogP contribution < -0.4 is 5.32 Å². The van der Waals surface area contributed by atoms with Crippen molar-refractivity contribution < 1.29 is 8.78 Å². The zero-order chi connectivity index (χ0) is 12.3. The molecule has 0 radical (unpaired) electrons. The zero-order valence-electron chi connectivity index (χ0n) is 9.45. The van der Waals surface area contributed by atoms with E-state index >= 15 is 0 Å². The molecule has 0 unspecified atom stereocenters. The second-order valence-electron chi connectivity index (χ2n) is 3.62. The summed E-state index contributed by atoms with van der Waals surface area (Å²) in [7, 11) is 0. The van der Waals surface area contributed by atoms with E-state index in [1.54, 1.807) is 12.5 Å². The Morgan fingerprint density at radius 2 is 2.00 bits per heavy atom. The standard InChI is InChI=1S/C12H13F2N3/c1-2-17-8-15-6-9(17)7-16-12-10(13)4-3-5-11(12)14/h3-6,8,16H,2,7H2,1H3. The lowest BCUT2D eigenvalue weighted by molar-refractivity contribution is 0.587. The number of anilines is 1. The molecule has 1 heterocycles. The Balaban J connectivity index is 2.13. The molecule has 17 heavy (non-hydrogen) atoms. The van der Waals surface area contributed by atoms with E-state index in [2.05, 4.69) is 10.3 Å². The van der Waals surface area contributed by atoms with Crippen molar-refractivity contribution in [1.29, 1.82) is 0 Å². The SMILES string of the molecule is CCn1cncc1CNc1c(F)cccc1F. The first-order valence-corrected chi connectivity index (χ1v) is 5.39. The van der Waals surface area contributed by atoms with Gasteiger partial charge in [0.1, 0.15) is 17.3 Å². The van der Waals surface area contributed by atoms with Crippen molar-refractivity contribution in [3.63, 3.8) is 0 Å². The first-order chi connectivity index (χ1) is 8.22. The summed E-state index contributed by atoms with van der Waals surface area (Å²) >= 11 is 0. The maximum Gasteiger partial charge on any atom is 0.149 e. The van der Waals surface area contributed by atoms with Gasteiger partial charge in [-0.15, -0.1) is 0 Å². The summed E-state index contributed by atoms with van der Waals surface area (Å²) in [5, 5.41) is 2.75. The van der Waals surface area contributed by atoms with Gasteiger partial charge in [0.05, 0.1) is 18.6 Å². The number of hydrogen-bond acceptors (Lipinski definition) is 2. The highest BCUT2D eigenvalue weighted by Crippen LogP contribution is 2.18. The van der Waals surface area contributed by atoms with Gasteiger partial charge in [-0.2, -0.15) is 0 Å². The van der Waals surface area contributed by atoms with Gasteiger partial charge in [-0.05, 0) is 19.1 Å². The molecule has 1 aromatic heterocycles. The van der Waals surface area contributed by atoms with Gasteiger partial charge in [-0.1, -0.05) is 6.07 Å². The predicted octanol–water partition coefficient (Wildman–Crippen LogP) is 2.79. The lowest BCUT2D eigenvalue weighted by Crippen LogP contribution is -2.08. The molecular weight excluding hydrogens is 224 g/mol. The highest BCUT2D eigenvalue weighted by molar-refractivity contribution is 5.46. The maximum absolute atomic E-state index is 13.3. The molecule has 0 amide bonds. The van der Waals surface area contributed by atoms with Gasteiger partial charge >= 0.3 is 0 Å². The van der Waals surface area contributed by atoms with Gasteiger partial charge in [0.15, 0.2) is 0 Å². The molecule has 0 aliphatic carbocycles. The topological polar surface area (TPSA) is 29.9 Å². The highest BCUT2D eigenvalue weighted by atomic mass is 19.1. The molecule has 5 heteroatoms. The summed E-state index contributed by atoms with van der Waals surface area (Å²) in [4.78, 5) is 3.99. The van der Waals surface area contributed by atoms with Gasteiger partial charge in [-0.25, -0.2) is 13.8 Å². The number of imidazole rings is 1. The molecule has 3 nitrogen and oxygen atoms in total. The molecule has 0 fully saturated rings. The van der Waals surface area contributed by atoms with Crippen molar-refractivity contribution in [3.05, 3.63) is 48.1 Å². The average Bonchev–Trinajstić information content (AvgIpc) is 2.76. The van der Waals surface area contributed by atoms with Crippen molar-refractivity contribution >= 4 is 5.69 Å². The Labute approximate surface area is 98.1 Å². The van der Waals surface area contributed by atoms with E-state index in [0.717, 1.165) is 12.2 Å². The van der Waals surface area contributed by atoms with Crippen molar-refractivity contribution in [3.8, 4) is 0 Å². The lowest BCUT2D eigenvalue weighted by atomic mass is 10.3. The van der Waals surface area contributed by atoms with E-state index < -0.39 is 11.6 Å².